The molecule has 0 aliphatic carbocycles. The molecule has 0 unspecified atom stereocenters. The number of hydrogen-bond acceptors (Lipinski definition) is 4. The van der Waals surface area contributed by atoms with E-state index in [1.54, 1.807) is 31.2 Å². The number of sulfonamides is 1. The van der Waals surface area contributed by atoms with E-state index in [4.69, 9.17) is 4.74 Å². The van der Waals surface area contributed by atoms with Crippen LogP contribution in [-0.2, 0) is 19.6 Å². The molecule has 0 radical (unpaired) electrons. The van der Waals surface area contributed by atoms with Crippen LogP contribution in [0, 0.1) is 12.8 Å². The van der Waals surface area contributed by atoms with E-state index in [0.29, 0.717) is 0 Å². The molecule has 1 aromatic carbocycles. The normalized spacial score (nSPS) is 20.9. The van der Waals surface area contributed by atoms with Crippen molar-refractivity contribution in [2.24, 2.45) is 5.92 Å². The molecule has 1 aliphatic rings. The van der Waals surface area contributed by atoms with E-state index in [2.05, 4.69) is 6.58 Å². The molecule has 0 bridgehead atoms. The van der Waals surface area contributed by atoms with Gasteiger partial charge in [0.15, 0.2) is 0 Å². The molecule has 1 aliphatic heterocycles. The molecule has 0 saturated carbocycles. The Hall–Kier alpha value is -1.66. The molecule has 0 aromatic heterocycles. The fourth-order valence-electron chi connectivity index (χ4n) is 2.62. The van der Waals surface area contributed by atoms with Crippen molar-refractivity contribution in [3.05, 3.63) is 42.0 Å². The number of rotatable bonds is 4. The summed E-state index contributed by atoms with van der Waals surface area (Å²) in [6.45, 7) is 9.49. The summed E-state index contributed by atoms with van der Waals surface area (Å²) in [4.78, 5) is 11.3. The Morgan fingerprint density at radius 1 is 1.36 bits per heavy atom. The lowest BCUT2D eigenvalue weighted by atomic mass is 9.99. The standard InChI is InChI=1S/C16H21NO4S/c1-11-5-7-15(8-6-11)22(19,20)17-9-12(2)16(10-17)13(3)21-14(4)18/h5-8,13,16H,2,9-10H2,1,3-4H3/t13-,16+/m0/s1. The minimum atomic E-state index is -3.55. The summed E-state index contributed by atoms with van der Waals surface area (Å²) in [7, 11) is -3.55. The van der Waals surface area contributed by atoms with Crippen LogP contribution < -0.4 is 0 Å². The largest absolute Gasteiger partial charge is 0.462 e. The summed E-state index contributed by atoms with van der Waals surface area (Å²) in [6.07, 6.45) is -0.386. The maximum absolute atomic E-state index is 12.7. The highest BCUT2D eigenvalue weighted by Gasteiger charge is 2.38. The molecular formula is C16H21NO4S. The molecule has 2 atom stereocenters. The number of carbonyl (C=O) groups excluding carboxylic acids is 1. The summed E-state index contributed by atoms with van der Waals surface area (Å²) >= 11 is 0. The third-order valence-corrected chi connectivity index (χ3v) is 5.71. The van der Waals surface area contributed by atoms with E-state index in [-0.39, 0.29) is 36.0 Å². The predicted octanol–water partition coefficient (Wildman–Crippen LogP) is 2.12. The SMILES string of the molecule is C=C1CN(S(=O)(=O)c2ccc(C)cc2)C[C@H]1[C@H](C)OC(C)=O. The molecule has 0 amide bonds. The molecular weight excluding hydrogens is 302 g/mol. The van der Waals surface area contributed by atoms with E-state index in [1.165, 1.54) is 11.2 Å². The van der Waals surface area contributed by atoms with Gasteiger partial charge in [0.25, 0.3) is 0 Å². The number of carbonyl (C=O) groups is 1. The molecule has 5 nitrogen and oxygen atoms in total. The summed E-state index contributed by atoms with van der Waals surface area (Å²) in [5, 5.41) is 0. The van der Waals surface area contributed by atoms with Crippen LogP contribution in [0.15, 0.2) is 41.3 Å². The van der Waals surface area contributed by atoms with E-state index in [0.717, 1.165) is 11.1 Å². The number of esters is 1. The zero-order valence-electron chi connectivity index (χ0n) is 13.1. The third kappa shape index (κ3) is 3.39. The number of hydrogen-bond donors (Lipinski definition) is 0. The van der Waals surface area contributed by atoms with Crippen molar-refractivity contribution in [1.29, 1.82) is 0 Å². The van der Waals surface area contributed by atoms with Crippen LogP contribution in [0.5, 0.6) is 0 Å². The Kier molecular flexibility index (Phi) is 4.72. The zero-order chi connectivity index (χ0) is 16.5. The molecule has 22 heavy (non-hydrogen) atoms. The van der Waals surface area contributed by atoms with E-state index < -0.39 is 10.0 Å². The summed E-state index contributed by atoms with van der Waals surface area (Å²) in [5.74, 6) is -0.552. The Morgan fingerprint density at radius 3 is 2.50 bits per heavy atom. The molecule has 1 aromatic rings. The molecule has 1 saturated heterocycles. The minimum Gasteiger partial charge on any atom is -0.462 e. The van der Waals surface area contributed by atoms with Crippen LogP contribution in [-0.4, -0.2) is 37.9 Å². The lowest BCUT2D eigenvalue weighted by Crippen LogP contribution is -2.31. The Labute approximate surface area is 131 Å². The third-order valence-electron chi connectivity index (χ3n) is 3.88. The molecule has 6 heteroatoms. The summed E-state index contributed by atoms with van der Waals surface area (Å²) in [6, 6.07) is 6.76. The van der Waals surface area contributed by atoms with Gasteiger partial charge in [0, 0.05) is 25.9 Å². The number of aryl methyl sites for hydroxylation is 1. The molecule has 120 valence electrons. The highest BCUT2D eigenvalue weighted by molar-refractivity contribution is 7.89. The molecule has 1 heterocycles. The van der Waals surface area contributed by atoms with Crippen LogP contribution >= 0.6 is 0 Å². The van der Waals surface area contributed by atoms with Crippen molar-refractivity contribution in [3.8, 4) is 0 Å². The minimum absolute atomic E-state index is 0.177. The first kappa shape index (κ1) is 16.7. The highest BCUT2D eigenvalue weighted by atomic mass is 32.2. The zero-order valence-corrected chi connectivity index (χ0v) is 13.9. The van der Waals surface area contributed by atoms with Crippen LogP contribution in [0.4, 0.5) is 0 Å². The van der Waals surface area contributed by atoms with Crippen LogP contribution in [0.1, 0.15) is 19.4 Å². The van der Waals surface area contributed by atoms with Gasteiger partial charge in [-0.3, -0.25) is 4.79 Å². The smallest absolute Gasteiger partial charge is 0.302 e. The number of nitrogens with zero attached hydrogens (tertiary/aromatic N) is 1. The summed E-state index contributed by atoms with van der Waals surface area (Å²) < 4.78 is 31.9. The molecule has 0 N–H and O–H groups in total. The van der Waals surface area contributed by atoms with Crippen LogP contribution in [0.25, 0.3) is 0 Å². The van der Waals surface area contributed by atoms with E-state index >= 15 is 0 Å². The molecule has 1 fully saturated rings. The predicted molar refractivity (Wildman–Crippen MR) is 83.8 cm³/mol. The lowest BCUT2D eigenvalue weighted by Gasteiger charge is -2.20. The second-order valence-electron chi connectivity index (χ2n) is 5.69. The van der Waals surface area contributed by atoms with Crippen molar-refractivity contribution < 1.29 is 17.9 Å². The van der Waals surface area contributed by atoms with Gasteiger partial charge in [-0.1, -0.05) is 29.8 Å². The van der Waals surface area contributed by atoms with Crippen molar-refractivity contribution in [2.75, 3.05) is 13.1 Å². The van der Waals surface area contributed by atoms with Gasteiger partial charge in [-0.15, -0.1) is 0 Å². The van der Waals surface area contributed by atoms with Crippen molar-refractivity contribution in [3.63, 3.8) is 0 Å². The van der Waals surface area contributed by atoms with Gasteiger partial charge in [-0.2, -0.15) is 4.31 Å². The second kappa shape index (κ2) is 6.22. The van der Waals surface area contributed by atoms with E-state index in [9.17, 15) is 13.2 Å². The number of ether oxygens (including phenoxy) is 1. The van der Waals surface area contributed by atoms with Gasteiger partial charge in [-0.05, 0) is 26.0 Å². The maximum atomic E-state index is 12.7. The first-order valence-corrected chi connectivity index (χ1v) is 8.57. The van der Waals surface area contributed by atoms with Crippen molar-refractivity contribution >= 4 is 16.0 Å². The molecule has 0 spiro atoms. The molecule has 2 rings (SSSR count). The Morgan fingerprint density at radius 2 is 1.95 bits per heavy atom. The van der Waals surface area contributed by atoms with Crippen molar-refractivity contribution in [2.45, 2.75) is 31.8 Å². The lowest BCUT2D eigenvalue weighted by molar-refractivity contribution is -0.147. The van der Waals surface area contributed by atoms with Gasteiger partial charge in [0.05, 0.1) is 4.90 Å². The van der Waals surface area contributed by atoms with Gasteiger partial charge < -0.3 is 4.74 Å². The average molecular weight is 323 g/mol. The van der Waals surface area contributed by atoms with E-state index in [1.807, 2.05) is 6.92 Å². The first-order chi connectivity index (χ1) is 10.2. The Bertz CT molecular complexity index is 679. The topological polar surface area (TPSA) is 63.7 Å². The van der Waals surface area contributed by atoms with Gasteiger partial charge in [0.2, 0.25) is 10.0 Å². The highest BCUT2D eigenvalue weighted by Crippen LogP contribution is 2.30. The fourth-order valence-corrected chi connectivity index (χ4v) is 4.09. The van der Waals surface area contributed by atoms with Crippen LogP contribution in [0.2, 0.25) is 0 Å². The maximum Gasteiger partial charge on any atom is 0.302 e. The van der Waals surface area contributed by atoms with Gasteiger partial charge in [-0.25, -0.2) is 8.42 Å². The fraction of sp³-hybridized carbons (Fsp3) is 0.438. The monoisotopic (exact) mass is 323 g/mol. The average Bonchev–Trinajstić information content (AvgIpc) is 2.81. The quantitative estimate of drug-likeness (QED) is 0.629. The van der Waals surface area contributed by atoms with Crippen molar-refractivity contribution in [1.82, 2.24) is 4.31 Å². The Balaban J connectivity index is 2.19. The second-order valence-corrected chi connectivity index (χ2v) is 7.63. The summed E-state index contributed by atoms with van der Waals surface area (Å²) in [5.41, 5.74) is 1.77. The first-order valence-electron chi connectivity index (χ1n) is 7.13. The van der Waals surface area contributed by atoms with Crippen LogP contribution in [0.3, 0.4) is 0 Å². The number of benzene rings is 1. The van der Waals surface area contributed by atoms with Gasteiger partial charge in [0.1, 0.15) is 6.10 Å². The van der Waals surface area contributed by atoms with Gasteiger partial charge >= 0.3 is 5.97 Å².